The minimum absolute atomic E-state index is 0. The van der Waals surface area contributed by atoms with Crippen LogP contribution < -0.4 is 10.6 Å². The number of nitrogens with one attached hydrogen (secondary N) is 2. The topological polar surface area (TPSA) is 66.9 Å². The molecule has 27 heavy (non-hydrogen) atoms. The molecule has 2 fully saturated rings. The van der Waals surface area contributed by atoms with E-state index in [4.69, 9.17) is 0 Å². The second-order valence-electron chi connectivity index (χ2n) is 6.88. The van der Waals surface area contributed by atoms with Crippen LogP contribution >= 0.6 is 47.9 Å². The van der Waals surface area contributed by atoms with E-state index in [1.54, 1.807) is 17.7 Å². The van der Waals surface area contributed by atoms with Gasteiger partial charge in [0, 0.05) is 23.2 Å². The van der Waals surface area contributed by atoms with Crippen LogP contribution in [0.1, 0.15) is 49.8 Å². The molecule has 9 heteroatoms. The fourth-order valence-electron chi connectivity index (χ4n) is 3.63. The number of hydrogen-bond acceptors (Lipinski definition) is 7. The van der Waals surface area contributed by atoms with Crippen molar-refractivity contribution in [1.82, 2.24) is 15.3 Å². The summed E-state index contributed by atoms with van der Waals surface area (Å²) < 4.78 is 0. The Balaban J connectivity index is 0.00000131. The van der Waals surface area contributed by atoms with Crippen molar-refractivity contribution in [3.8, 4) is 0 Å². The van der Waals surface area contributed by atoms with E-state index in [2.05, 4.69) is 26.7 Å². The third-order valence-electron chi connectivity index (χ3n) is 5.03. The molecule has 2 aromatic rings. The molecule has 0 spiro atoms. The number of carbonyl (C=O) groups excluding carboxylic acids is 1. The van der Waals surface area contributed by atoms with E-state index in [0.29, 0.717) is 6.04 Å². The molecule has 3 heterocycles. The fourth-order valence-corrected chi connectivity index (χ4v) is 5.53. The molecule has 1 saturated carbocycles. The number of nitrogens with zero attached hydrogens (tertiary/aromatic N) is 2. The maximum atomic E-state index is 11.7. The molecule has 5 nitrogen and oxygen atoms in total. The zero-order chi connectivity index (χ0) is 17.1. The van der Waals surface area contributed by atoms with Crippen LogP contribution in [0.4, 0.5) is 5.82 Å². The van der Waals surface area contributed by atoms with Gasteiger partial charge in [-0.25, -0.2) is 9.97 Å². The molecule has 1 atom stereocenters. The van der Waals surface area contributed by atoms with Gasteiger partial charge in [0.05, 0.1) is 11.4 Å². The van der Waals surface area contributed by atoms with Gasteiger partial charge in [0.2, 0.25) is 5.12 Å². The van der Waals surface area contributed by atoms with Crippen molar-refractivity contribution < 1.29 is 4.79 Å². The average Bonchev–Trinajstić information content (AvgIpc) is 3.12. The van der Waals surface area contributed by atoms with Gasteiger partial charge in [-0.1, -0.05) is 37.4 Å². The molecular formula is C18H26Cl2N4OS2. The van der Waals surface area contributed by atoms with Crippen LogP contribution in [-0.4, -0.2) is 32.9 Å². The molecule has 150 valence electrons. The van der Waals surface area contributed by atoms with Crippen LogP contribution in [0.2, 0.25) is 0 Å². The molecule has 2 N–H and O–H groups in total. The lowest BCUT2D eigenvalue weighted by Crippen LogP contribution is -2.31. The van der Waals surface area contributed by atoms with E-state index in [1.165, 1.54) is 55.2 Å². The Morgan fingerprint density at radius 3 is 2.56 bits per heavy atom. The number of aromatic nitrogens is 2. The highest BCUT2D eigenvalue weighted by Gasteiger charge is 2.24. The molecule has 4 rings (SSSR count). The molecule has 2 aliphatic rings. The highest BCUT2D eigenvalue weighted by atomic mass is 35.5. The van der Waals surface area contributed by atoms with Crippen molar-refractivity contribution in [1.29, 1.82) is 0 Å². The number of halogens is 2. The lowest BCUT2D eigenvalue weighted by atomic mass is 10.1. The van der Waals surface area contributed by atoms with E-state index in [0.717, 1.165) is 34.8 Å². The zero-order valence-electron chi connectivity index (χ0n) is 15.1. The SMILES string of the molecule is Cl.Cl.O=C1SCC[C@@H]1NCc1cc2c(NC3CCCCCC3)ncnc2s1. The Morgan fingerprint density at radius 2 is 1.85 bits per heavy atom. The molecule has 1 aliphatic carbocycles. The molecule has 2 aromatic heterocycles. The summed E-state index contributed by atoms with van der Waals surface area (Å²) in [6, 6.07) is 2.71. The normalized spacial score (nSPS) is 20.7. The summed E-state index contributed by atoms with van der Waals surface area (Å²) >= 11 is 3.13. The van der Waals surface area contributed by atoms with Crippen molar-refractivity contribution in [2.24, 2.45) is 0 Å². The average molecular weight is 449 g/mol. The monoisotopic (exact) mass is 448 g/mol. The number of rotatable bonds is 5. The molecule has 0 radical (unpaired) electrons. The molecule has 1 saturated heterocycles. The smallest absolute Gasteiger partial charge is 0.205 e. The second kappa shape index (κ2) is 10.8. The summed E-state index contributed by atoms with van der Waals surface area (Å²) in [4.78, 5) is 22.9. The number of thioether (sulfide) groups is 1. The van der Waals surface area contributed by atoms with Gasteiger partial charge in [-0.3, -0.25) is 4.79 Å². The van der Waals surface area contributed by atoms with Crippen LogP contribution in [0.25, 0.3) is 10.2 Å². The van der Waals surface area contributed by atoms with Crippen molar-refractivity contribution in [3.05, 3.63) is 17.3 Å². The highest BCUT2D eigenvalue weighted by molar-refractivity contribution is 8.14. The molecule has 0 unspecified atom stereocenters. The predicted octanol–water partition coefficient (Wildman–Crippen LogP) is 4.79. The van der Waals surface area contributed by atoms with Crippen LogP contribution in [-0.2, 0) is 11.3 Å². The number of carbonyl (C=O) groups is 1. The van der Waals surface area contributed by atoms with Crippen LogP contribution in [0.3, 0.4) is 0 Å². The van der Waals surface area contributed by atoms with Crippen molar-refractivity contribution in [2.75, 3.05) is 11.1 Å². The summed E-state index contributed by atoms with van der Waals surface area (Å²) in [5, 5.41) is 8.43. The first kappa shape index (κ1) is 22.7. The third kappa shape index (κ3) is 5.70. The van der Waals surface area contributed by atoms with E-state index in [9.17, 15) is 4.79 Å². The lowest BCUT2D eigenvalue weighted by molar-refractivity contribution is -0.112. The molecule has 0 aromatic carbocycles. The first-order valence-electron chi connectivity index (χ1n) is 9.19. The second-order valence-corrected chi connectivity index (χ2v) is 9.09. The lowest BCUT2D eigenvalue weighted by Gasteiger charge is -2.17. The van der Waals surface area contributed by atoms with Gasteiger partial charge < -0.3 is 10.6 Å². The predicted molar refractivity (Wildman–Crippen MR) is 120 cm³/mol. The maximum absolute atomic E-state index is 11.7. The number of fused-ring (bicyclic) bond motifs is 1. The van der Waals surface area contributed by atoms with Gasteiger partial charge in [0.15, 0.2) is 0 Å². The van der Waals surface area contributed by atoms with Gasteiger partial charge in [-0.15, -0.1) is 36.2 Å². The van der Waals surface area contributed by atoms with E-state index in [-0.39, 0.29) is 36.0 Å². The van der Waals surface area contributed by atoms with Crippen LogP contribution in [0.15, 0.2) is 12.4 Å². The summed E-state index contributed by atoms with van der Waals surface area (Å²) in [5.74, 6) is 1.90. The zero-order valence-corrected chi connectivity index (χ0v) is 18.4. The largest absolute Gasteiger partial charge is 0.367 e. The summed E-state index contributed by atoms with van der Waals surface area (Å²) in [6.07, 6.45) is 10.4. The highest BCUT2D eigenvalue weighted by Crippen LogP contribution is 2.30. The van der Waals surface area contributed by atoms with E-state index < -0.39 is 0 Å². The van der Waals surface area contributed by atoms with Gasteiger partial charge in [-0.05, 0) is 25.3 Å². The van der Waals surface area contributed by atoms with E-state index in [1.807, 2.05) is 0 Å². The van der Waals surface area contributed by atoms with Crippen molar-refractivity contribution >= 4 is 69.1 Å². The van der Waals surface area contributed by atoms with Crippen LogP contribution in [0, 0.1) is 0 Å². The van der Waals surface area contributed by atoms with Gasteiger partial charge >= 0.3 is 0 Å². The Kier molecular flexibility index (Phi) is 9.08. The van der Waals surface area contributed by atoms with Crippen LogP contribution in [0.5, 0.6) is 0 Å². The van der Waals surface area contributed by atoms with Gasteiger partial charge in [-0.2, -0.15) is 0 Å². The summed E-state index contributed by atoms with van der Waals surface area (Å²) in [7, 11) is 0. The fraction of sp³-hybridized carbons (Fsp3) is 0.611. The van der Waals surface area contributed by atoms with Crippen molar-refractivity contribution in [3.63, 3.8) is 0 Å². The molecule has 0 bridgehead atoms. The summed E-state index contributed by atoms with van der Waals surface area (Å²) in [6.45, 7) is 0.723. The van der Waals surface area contributed by atoms with E-state index >= 15 is 0 Å². The molecule has 1 aliphatic heterocycles. The van der Waals surface area contributed by atoms with Gasteiger partial charge in [0.1, 0.15) is 17.0 Å². The molecule has 0 amide bonds. The minimum atomic E-state index is 0. The first-order valence-corrected chi connectivity index (χ1v) is 11.0. The Bertz CT molecular complexity index is 750. The summed E-state index contributed by atoms with van der Waals surface area (Å²) in [5.41, 5.74) is 0. The van der Waals surface area contributed by atoms with Gasteiger partial charge in [0.25, 0.3) is 0 Å². The minimum Gasteiger partial charge on any atom is -0.367 e. The standard InChI is InChI=1S/C18H24N4OS2.2ClH/c23-18-15(7-8-24-18)19-10-13-9-14-16(20-11-21-17(14)25-13)22-12-5-3-1-2-4-6-12;;/h9,11-12,15,19H,1-8,10H2,(H,20,21,22);2*1H/t15-;;/m0../s1. The Labute approximate surface area is 180 Å². The quantitative estimate of drug-likeness (QED) is 0.640. The number of hydrogen-bond donors (Lipinski definition) is 2. The first-order chi connectivity index (χ1) is 12.3. The number of anilines is 1. The molecular weight excluding hydrogens is 423 g/mol. The third-order valence-corrected chi connectivity index (χ3v) is 7.09. The Hall–Kier alpha value is -0.600. The van der Waals surface area contributed by atoms with Crippen molar-refractivity contribution in [2.45, 2.75) is 63.6 Å². The maximum Gasteiger partial charge on any atom is 0.205 e. The Morgan fingerprint density at radius 1 is 1.07 bits per heavy atom. The number of thiophene rings is 1.